The van der Waals surface area contributed by atoms with E-state index in [0.717, 1.165) is 98.0 Å². The molecule has 0 atom stereocenters. The molecule has 0 bridgehead atoms. The molecule has 624 valence electrons. The van der Waals surface area contributed by atoms with Gasteiger partial charge in [-0.3, -0.25) is 0 Å². The summed E-state index contributed by atoms with van der Waals surface area (Å²) in [7, 11) is 0. The van der Waals surface area contributed by atoms with Gasteiger partial charge in [0.15, 0.2) is 0 Å². The third-order valence-electron chi connectivity index (χ3n) is 13.3. The maximum Gasteiger partial charge on any atom is 4.00 e. The number of aliphatic carboxylic acids is 6. The van der Waals surface area contributed by atoms with E-state index in [1.54, 1.807) is 83.1 Å². The second kappa shape index (κ2) is 80.2. The Balaban J connectivity index is -0.000000108. The molecule has 0 saturated carbocycles. The minimum absolute atomic E-state index is 0. The molecule has 12 aromatic rings. The van der Waals surface area contributed by atoms with E-state index in [1.165, 1.54) is 0 Å². The van der Waals surface area contributed by atoms with Gasteiger partial charge in [-0.1, -0.05) is 338 Å². The van der Waals surface area contributed by atoms with Gasteiger partial charge in [-0.05, 0) is 98.0 Å². The van der Waals surface area contributed by atoms with Crippen LogP contribution in [0.1, 0.15) is 116 Å². The first-order chi connectivity index (χ1) is 51.0. The molecule has 0 aliphatic rings. The summed E-state index contributed by atoms with van der Waals surface area (Å²) in [6.45, 7) is 19.3. The Morgan fingerprint density at radius 2 is 0.267 bits per heavy atom. The Morgan fingerprint density at radius 3 is 0.358 bits per heavy atom. The van der Waals surface area contributed by atoms with Crippen LogP contribution in [0.5, 0.6) is 0 Å². The van der Waals surface area contributed by atoms with Gasteiger partial charge in [0.25, 0.3) is 0 Å². The number of carboxylic acids is 6. The molecule has 0 N–H and O–H groups in total. The van der Waals surface area contributed by atoms with E-state index in [1.807, 2.05) is 255 Å². The maximum absolute atomic E-state index is 10.5. The maximum atomic E-state index is 10.5. The van der Waals surface area contributed by atoms with Crippen molar-refractivity contribution in [2.45, 2.75) is 158 Å². The number of carbonyl (C=O) groups excluding carboxylic acids is 6. The van der Waals surface area contributed by atoms with Crippen LogP contribution in [0.15, 0.2) is 255 Å². The predicted octanol–water partition coefficient (Wildman–Crippen LogP) is 4.60. The Hall–Kier alpha value is -7.17. The van der Waals surface area contributed by atoms with Gasteiger partial charge in [-0.15, -0.1) is 36.6 Å². The van der Waals surface area contributed by atoms with Crippen molar-refractivity contribution in [3.05, 3.63) is 288 Å². The van der Waals surface area contributed by atoms with Crippen molar-refractivity contribution in [2.75, 3.05) is 0 Å². The summed E-state index contributed by atoms with van der Waals surface area (Å²) in [6.07, 6.45) is -2.66. The second-order valence-corrected chi connectivity index (χ2v) is 25.4. The van der Waals surface area contributed by atoms with Gasteiger partial charge in [-0.2, -0.15) is 0 Å². The molecule has 0 amide bonds. The number of carboxylic acid groups (broad SMARTS) is 6. The topological polar surface area (TPSA) is 550 Å². The smallest absolute Gasteiger partial charge is 2.00 e. The zero-order chi connectivity index (χ0) is 81.3. The van der Waals surface area contributed by atoms with E-state index in [9.17, 15) is 90.0 Å². The van der Waals surface area contributed by atoms with Crippen LogP contribution in [-0.4, -0.2) is 72.4 Å². The third kappa shape index (κ3) is 65.5. The van der Waals surface area contributed by atoms with Gasteiger partial charge in [0.2, 0.25) is 0 Å². The van der Waals surface area contributed by atoms with Crippen LogP contribution in [0.2, 0.25) is 0 Å². The third-order valence-corrected chi connectivity index (χ3v) is 13.3. The average molecular weight is 1850 g/mol. The largest absolute Gasteiger partial charge is 4.00 e. The van der Waals surface area contributed by atoms with E-state index < -0.39 is 72.4 Å². The molecule has 0 aliphatic heterocycles. The van der Waals surface area contributed by atoms with E-state index >= 15 is 0 Å². The molecule has 12 rings (SSSR count). The number of fused-ring (bicyclic) bond motifs is 6. The van der Waals surface area contributed by atoms with Crippen molar-refractivity contribution < 1.29 is 253 Å². The first kappa shape index (κ1) is 139. The first-order valence-electron chi connectivity index (χ1n) is 35.0. The van der Waals surface area contributed by atoms with Crippen LogP contribution < -0.4 is 61.3 Å². The van der Waals surface area contributed by atoms with E-state index in [2.05, 4.69) is 0 Å². The Kier molecular flexibility index (Phi) is 92.8. The summed E-state index contributed by atoms with van der Waals surface area (Å²) in [4.78, 5) is 63.0. The molecule has 0 saturated heterocycles. The molecule has 0 aliphatic carbocycles. The fourth-order valence-electron chi connectivity index (χ4n) is 9.61. The molecule has 0 heterocycles. The minimum atomic E-state index is -1.04. The molecule has 0 unspecified atom stereocenters. The standard InChI is InChI=1S/6C12H10O2.6C3H7O.6O.6Ti/c6*13-12(14)8-10-6-3-5-9-4-1-2-7-11(9)10;6*1-3(2)4;;;;;;;;;;;;/h6*1-7H,8H2,(H,13,14);6*3H,1-2H3;;;;;;;;;;;;/q;;;;;;6*-1;6*-2;6*+4/p-6. The van der Waals surface area contributed by atoms with Gasteiger partial charge in [0.1, 0.15) is 0 Å². The first-order valence-corrected chi connectivity index (χ1v) is 35.0. The molecule has 120 heavy (non-hydrogen) atoms. The summed E-state index contributed by atoms with van der Waals surface area (Å²) < 4.78 is 0. The monoisotopic (exact) mass is 1850 g/mol. The number of benzene rings is 12. The molecule has 0 fully saturated rings. The number of carbonyl (C=O) groups is 6. The van der Waals surface area contributed by atoms with Crippen LogP contribution >= 0.6 is 0 Å². The molecule has 24 nitrogen and oxygen atoms in total. The fraction of sp³-hybridized carbons (Fsp3) is 0.267. The molecular weight excluding hydrogens is 1750 g/mol. The van der Waals surface area contributed by atoms with Crippen molar-refractivity contribution in [1.29, 1.82) is 0 Å². The Morgan fingerprint density at radius 1 is 0.183 bits per heavy atom. The van der Waals surface area contributed by atoms with Crippen LogP contribution in [-0.2, 0) is 230 Å². The SMILES string of the molecule is CC(C)[O-].CC(C)[O-].CC(C)[O-].CC(C)[O-].CC(C)[O-].CC(C)[O-].O=C([O-])Cc1cccc2ccccc12.O=C([O-])Cc1cccc2ccccc12.O=C([O-])Cc1cccc2ccccc12.O=C([O-])Cc1cccc2ccccc12.O=C([O-])Cc1cccc2ccccc12.O=C([O-])Cc1cccc2ccccc12.[O-2].[O-2].[O-2].[O-2].[O-2].[O-2].[Ti+4].[Ti+4].[Ti+4].[Ti+4].[Ti+4].[Ti+4]. The molecule has 12 aromatic carbocycles. The number of rotatable bonds is 12. The number of hydrogen-bond donors (Lipinski definition) is 0. The van der Waals surface area contributed by atoms with Crippen molar-refractivity contribution in [2.24, 2.45) is 0 Å². The van der Waals surface area contributed by atoms with Crippen molar-refractivity contribution in [3.8, 4) is 0 Å². The minimum Gasteiger partial charge on any atom is -2.00 e. The summed E-state index contributed by atoms with van der Waals surface area (Å²) >= 11 is 0. The van der Waals surface area contributed by atoms with Crippen LogP contribution in [0.25, 0.3) is 64.6 Å². The zero-order valence-corrected chi connectivity index (χ0v) is 78.1. The molecule has 0 radical (unpaired) electrons. The van der Waals surface area contributed by atoms with E-state index in [0.29, 0.717) is 0 Å². The molecular formula is C90H96O24Ti6. The molecule has 0 spiro atoms. The van der Waals surface area contributed by atoms with Crippen molar-refractivity contribution in [3.63, 3.8) is 0 Å². The van der Waals surface area contributed by atoms with Crippen LogP contribution in [0.4, 0.5) is 0 Å². The Bertz CT molecular complexity index is 3860. The van der Waals surface area contributed by atoms with Crippen LogP contribution in [0, 0.1) is 0 Å². The summed E-state index contributed by atoms with van der Waals surface area (Å²) in [5.74, 6) is -6.24. The summed E-state index contributed by atoms with van der Waals surface area (Å²) in [5, 5.41) is 132. The Labute approximate surface area is 792 Å². The van der Waals surface area contributed by atoms with Gasteiger partial charge in [0, 0.05) is 74.3 Å². The van der Waals surface area contributed by atoms with Gasteiger partial charge in [-0.25, -0.2) is 0 Å². The number of hydrogen-bond acceptors (Lipinski definition) is 18. The second-order valence-electron chi connectivity index (χ2n) is 25.4. The average Bonchev–Trinajstić information content (AvgIpc) is 0.873. The quantitative estimate of drug-likeness (QED) is 0.151. The van der Waals surface area contributed by atoms with Gasteiger partial charge in [0.05, 0.1) is 0 Å². The molecule has 0 aromatic heterocycles. The molecule has 30 heteroatoms. The van der Waals surface area contributed by atoms with Crippen molar-refractivity contribution >= 4 is 100 Å². The van der Waals surface area contributed by atoms with E-state index in [4.69, 9.17) is 0 Å². The predicted molar refractivity (Wildman–Crippen MR) is 411 cm³/mol. The summed E-state index contributed by atoms with van der Waals surface area (Å²) in [6, 6.07) is 80.3. The van der Waals surface area contributed by atoms with E-state index in [-0.39, 0.29) is 202 Å². The van der Waals surface area contributed by atoms with Gasteiger partial charge < -0.3 is 123 Å². The fourth-order valence-corrected chi connectivity index (χ4v) is 9.61. The van der Waals surface area contributed by atoms with Crippen LogP contribution in [0.3, 0.4) is 0 Å². The zero-order valence-electron chi connectivity index (χ0n) is 68.8. The summed E-state index contributed by atoms with van der Waals surface area (Å²) in [5.41, 5.74) is 4.85. The normalized spacial score (nSPS) is 9.00. The van der Waals surface area contributed by atoms with Crippen molar-refractivity contribution in [1.82, 2.24) is 0 Å². The van der Waals surface area contributed by atoms with Gasteiger partial charge >= 0.3 is 130 Å².